The van der Waals surface area contributed by atoms with Gasteiger partial charge < -0.3 is 14.7 Å². The van der Waals surface area contributed by atoms with Gasteiger partial charge in [0, 0.05) is 6.20 Å². The summed E-state index contributed by atoms with van der Waals surface area (Å²) in [6.07, 6.45) is 2.96. The van der Waals surface area contributed by atoms with Crippen LogP contribution >= 0.6 is 0 Å². The van der Waals surface area contributed by atoms with Gasteiger partial charge in [-0.05, 0) is 17.7 Å². The summed E-state index contributed by atoms with van der Waals surface area (Å²) in [6, 6.07) is 13.0. The first-order valence-corrected chi connectivity index (χ1v) is 6.87. The van der Waals surface area contributed by atoms with E-state index in [9.17, 15) is 9.59 Å². The Morgan fingerprint density at radius 2 is 2.00 bits per heavy atom. The summed E-state index contributed by atoms with van der Waals surface area (Å²) in [6.45, 7) is 0.614. The number of carbonyl (C=O) groups excluding carboxylic acids is 1. The van der Waals surface area contributed by atoms with Crippen molar-refractivity contribution in [2.24, 2.45) is 0 Å². The van der Waals surface area contributed by atoms with Crippen molar-refractivity contribution in [3.63, 3.8) is 0 Å². The van der Waals surface area contributed by atoms with Gasteiger partial charge in [0.2, 0.25) is 0 Å². The number of carbonyl (C=O) groups is 1. The molecule has 0 aliphatic rings. The molecule has 0 saturated heterocycles. The van der Waals surface area contributed by atoms with E-state index in [0.717, 1.165) is 5.56 Å². The number of aromatic nitrogens is 2. The van der Waals surface area contributed by atoms with Gasteiger partial charge in [0.15, 0.2) is 0 Å². The Morgan fingerprint density at radius 3 is 2.73 bits per heavy atom. The van der Waals surface area contributed by atoms with Gasteiger partial charge in [0.25, 0.3) is 5.91 Å². The molecule has 0 aliphatic carbocycles. The molecule has 0 atom stereocenters. The summed E-state index contributed by atoms with van der Waals surface area (Å²) in [5.41, 5.74) is 0.927. The maximum absolute atomic E-state index is 12.2. The number of benzene rings is 1. The molecule has 112 valence electrons. The Bertz CT molecular complexity index is 801. The molecule has 1 amide bonds. The van der Waals surface area contributed by atoms with E-state index in [-0.39, 0.29) is 18.1 Å². The molecular formula is C16H15N3O3. The van der Waals surface area contributed by atoms with Crippen LogP contribution in [0.3, 0.4) is 0 Å². The highest BCUT2D eigenvalue weighted by atomic mass is 16.3. The molecule has 0 fully saturated rings. The number of furan rings is 1. The first kappa shape index (κ1) is 13.9. The van der Waals surface area contributed by atoms with Crippen molar-refractivity contribution in [1.82, 2.24) is 14.9 Å². The van der Waals surface area contributed by atoms with Crippen LogP contribution in [0.1, 0.15) is 21.8 Å². The zero-order valence-corrected chi connectivity index (χ0v) is 11.8. The van der Waals surface area contributed by atoms with E-state index in [1.807, 2.05) is 30.3 Å². The van der Waals surface area contributed by atoms with Gasteiger partial charge in [-0.25, -0.2) is 4.79 Å². The van der Waals surface area contributed by atoms with E-state index in [4.69, 9.17) is 4.42 Å². The average Bonchev–Trinajstić information content (AvgIpc) is 3.17. The van der Waals surface area contributed by atoms with E-state index in [1.165, 1.54) is 10.8 Å². The fourth-order valence-corrected chi connectivity index (χ4v) is 2.18. The van der Waals surface area contributed by atoms with Crippen LogP contribution in [0.15, 0.2) is 64.1 Å². The lowest BCUT2D eigenvalue weighted by Crippen LogP contribution is -2.28. The summed E-state index contributed by atoms with van der Waals surface area (Å²) >= 11 is 0. The topological polar surface area (TPSA) is 80.0 Å². The standard InChI is InChI=1S/C16H15N3O3/c20-15(17-9-13-7-4-8-22-13)14-10-18-16(21)19(14)11-12-5-2-1-3-6-12/h1-8,10H,9,11H2,(H,17,20)(H,18,21). The molecule has 22 heavy (non-hydrogen) atoms. The van der Waals surface area contributed by atoms with Gasteiger partial charge >= 0.3 is 5.69 Å². The zero-order valence-electron chi connectivity index (χ0n) is 11.8. The van der Waals surface area contributed by atoms with Gasteiger partial charge in [-0.3, -0.25) is 9.36 Å². The van der Waals surface area contributed by atoms with Crippen molar-refractivity contribution in [3.8, 4) is 0 Å². The molecule has 0 radical (unpaired) electrons. The van der Waals surface area contributed by atoms with Crippen LogP contribution in [0.4, 0.5) is 0 Å². The molecule has 6 heteroatoms. The minimum absolute atomic E-state index is 0.274. The smallest absolute Gasteiger partial charge is 0.326 e. The van der Waals surface area contributed by atoms with E-state index >= 15 is 0 Å². The Kier molecular flexibility index (Phi) is 3.91. The number of nitrogens with one attached hydrogen (secondary N) is 2. The third-order valence-electron chi connectivity index (χ3n) is 3.29. The monoisotopic (exact) mass is 297 g/mol. The Balaban J connectivity index is 1.76. The summed E-state index contributed by atoms with van der Waals surface area (Å²) in [5.74, 6) is 0.325. The van der Waals surface area contributed by atoms with Crippen molar-refractivity contribution in [2.45, 2.75) is 13.1 Å². The van der Waals surface area contributed by atoms with E-state index in [2.05, 4.69) is 10.3 Å². The molecule has 0 spiro atoms. The molecule has 2 aromatic heterocycles. The van der Waals surface area contributed by atoms with Crippen LogP contribution in [0.25, 0.3) is 0 Å². The highest BCUT2D eigenvalue weighted by Crippen LogP contribution is 2.05. The Morgan fingerprint density at radius 1 is 1.18 bits per heavy atom. The van der Waals surface area contributed by atoms with Gasteiger partial charge in [-0.15, -0.1) is 0 Å². The Labute approximate surface area is 126 Å². The molecule has 6 nitrogen and oxygen atoms in total. The average molecular weight is 297 g/mol. The van der Waals surface area contributed by atoms with Gasteiger partial charge in [-0.2, -0.15) is 0 Å². The van der Waals surface area contributed by atoms with Crippen LogP contribution in [0.2, 0.25) is 0 Å². The van der Waals surface area contributed by atoms with Gasteiger partial charge in [-0.1, -0.05) is 30.3 Å². The number of hydrogen-bond donors (Lipinski definition) is 2. The van der Waals surface area contributed by atoms with E-state index in [1.54, 1.807) is 18.4 Å². The first-order chi connectivity index (χ1) is 10.7. The normalized spacial score (nSPS) is 10.5. The Hall–Kier alpha value is -3.02. The number of nitrogens with zero attached hydrogens (tertiary/aromatic N) is 1. The molecule has 0 aliphatic heterocycles. The molecule has 2 heterocycles. The number of aromatic amines is 1. The summed E-state index contributed by atoms with van der Waals surface area (Å²) in [4.78, 5) is 26.7. The van der Waals surface area contributed by atoms with E-state index in [0.29, 0.717) is 18.0 Å². The largest absolute Gasteiger partial charge is 0.467 e. The summed E-state index contributed by atoms with van der Waals surface area (Å²) in [7, 11) is 0. The van der Waals surface area contributed by atoms with Gasteiger partial charge in [0.1, 0.15) is 11.5 Å². The first-order valence-electron chi connectivity index (χ1n) is 6.87. The van der Waals surface area contributed by atoms with Crippen LogP contribution in [-0.2, 0) is 13.1 Å². The molecule has 3 rings (SSSR count). The minimum Gasteiger partial charge on any atom is -0.467 e. The third kappa shape index (κ3) is 3.01. The highest BCUT2D eigenvalue weighted by Gasteiger charge is 2.14. The fourth-order valence-electron chi connectivity index (χ4n) is 2.18. The zero-order chi connectivity index (χ0) is 15.4. The summed E-state index contributed by atoms with van der Waals surface area (Å²) in [5, 5.41) is 2.73. The van der Waals surface area contributed by atoms with Crippen molar-refractivity contribution in [3.05, 3.63) is 82.4 Å². The fraction of sp³-hybridized carbons (Fsp3) is 0.125. The van der Waals surface area contributed by atoms with E-state index < -0.39 is 0 Å². The van der Waals surface area contributed by atoms with Crippen LogP contribution in [-0.4, -0.2) is 15.5 Å². The highest BCUT2D eigenvalue weighted by molar-refractivity contribution is 5.92. The number of hydrogen-bond acceptors (Lipinski definition) is 3. The lowest BCUT2D eigenvalue weighted by molar-refractivity contribution is 0.0939. The second kappa shape index (κ2) is 6.17. The van der Waals surface area contributed by atoms with Crippen molar-refractivity contribution in [2.75, 3.05) is 0 Å². The predicted molar refractivity (Wildman–Crippen MR) is 80.5 cm³/mol. The molecule has 2 N–H and O–H groups in total. The molecule has 1 aromatic carbocycles. The number of imidazole rings is 1. The molecule has 0 saturated carbocycles. The lowest BCUT2D eigenvalue weighted by atomic mass is 10.2. The van der Waals surface area contributed by atoms with Crippen LogP contribution in [0.5, 0.6) is 0 Å². The van der Waals surface area contributed by atoms with Crippen molar-refractivity contribution in [1.29, 1.82) is 0 Å². The second-order valence-corrected chi connectivity index (χ2v) is 4.81. The van der Waals surface area contributed by atoms with Crippen molar-refractivity contribution >= 4 is 5.91 Å². The number of rotatable bonds is 5. The number of H-pyrrole nitrogens is 1. The SMILES string of the molecule is O=C(NCc1ccco1)c1c[nH]c(=O)n1Cc1ccccc1. The summed E-state index contributed by atoms with van der Waals surface area (Å²) < 4.78 is 6.57. The van der Waals surface area contributed by atoms with Crippen LogP contribution < -0.4 is 11.0 Å². The maximum Gasteiger partial charge on any atom is 0.326 e. The minimum atomic E-state index is -0.328. The molecular weight excluding hydrogens is 282 g/mol. The van der Waals surface area contributed by atoms with Gasteiger partial charge in [0.05, 0.1) is 19.4 Å². The van der Waals surface area contributed by atoms with Crippen molar-refractivity contribution < 1.29 is 9.21 Å². The maximum atomic E-state index is 12.2. The lowest BCUT2D eigenvalue weighted by Gasteiger charge is -2.07. The third-order valence-corrected chi connectivity index (χ3v) is 3.29. The predicted octanol–water partition coefficient (Wildman–Crippen LogP) is 1.75. The molecule has 3 aromatic rings. The quantitative estimate of drug-likeness (QED) is 0.753. The molecule has 0 bridgehead atoms. The van der Waals surface area contributed by atoms with Crippen LogP contribution in [0, 0.1) is 0 Å². The second-order valence-electron chi connectivity index (χ2n) is 4.81. The number of amides is 1. The molecule has 0 unspecified atom stereocenters.